The average molecular weight is 324 g/mol. The van der Waals surface area contributed by atoms with E-state index < -0.39 is 11.7 Å². The number of nitrogens with zero attached hydrogens (tertiary/aromatic N) is 2. The molecule has 2 heterocycles. The predicted octanol–water partition coefficient (Wildman–Crippen LogP) is 4.26. The molecule has 0 radical (unpaired) electrons. The third-order valence-electron chi connectivity index (χ3n) is 4.17. The molecule has 1 atom stereocenters. The molecule has 0 amide bonds. The zero-order chi connectivity index (χ0) is 16.4. The van der Waals surface area contributed by atoms with Crippen molar-refractivity contribution in [3.05, 3.63) is 36.0 Å². The van der Waals surface area contributed by atoms with E-state index in [0.29, 0.717) is 12.1 Å². The molecule has 1 unspecified atom stereocenters. The molecule has 6 heteroatoms. The molecule has 0 bridgehead atoms. The highest BCUT2D eigenvalue weighted by molar-refractivity contribution is 5.92. The second-order valence-corrected chi connectivity index (χ2v) is 5.73. The van der Waals surface area contributed by atoms with Crippen LogP contribution in [-0.4, -0.2) is 30.8 Å². The minimum atomic E-state index is -4.35. The van der Waals surface area contributed by atoms with E-state index >= 15 is 0 Å². The first-order chi connectivity index (χ1) is 11.0. The summed E-state index contributed by atoms with van der Waals surface area (Å²) in [6, 6.07) is 5.62. The number of hydrogen-bond donors (Lipinski definition) is 0. The number of fused-ring (bicyclic) bond motifs is 1. The van der Waals surface area contributed by atoms with Gasteiger partial charge in [0.25, 0.3) is 0 Å². The molecule has 1 aromatic heterocycles. The van der Waals surface area contributed by atoms with Crippen LogP contribution in [0.4, 0.5) is 18.9 Å². The number of alkyl halides is 3. The Hall–Kier alpha value is -1.82. The van der Waals surface area contributed by atoms with Gasteiger partial charge in [0.1, 0.15) is 0 Å². The Labute approximate surface area is 133 Å². The summed E-state index contributed by atoms with van der Waals surface area (Å²) >= 11 is 0. The zero-order valence-electron chi connectivity index (χ0n) is 12.9. The monoisotopic (exact) mass is 324 g/mol. The Kier molecular flexibility index (Phi) is 4.43. The number of benzene rings is 1. The average Bonchev–Trinajstić information content (AvgIpc) is 2.53. The van der Waals surface area contributed by atoms with Crippen molar-refractivity contribution in [2.45, 2.75) is 32.0 Å². The number of ether oxygens (including phenoxy) is 1. The highest BCUT2D eigenvalue weighted by Crippen LogP contribution is 2.34. The lowest BCUT2D eigenvalue weighted by atomic mass is 10.0. The number of piperidine rings is 1. The Morgan fingerprint density at radius 1 is 1.30 bits per heavy atom. The van der Waals surface area contributed by atoms with Crippen molar-refractivity contribution in [3.63, 3.8) is 0 Å². The lowest BCUT2D eigenvalue weighted by Gasteiger charge is -2.34. The molecule has 0 spiro atoms. The SMILES string of the molecule is CCOC1CCCN(c2ccnc3cc(C(F)(F)F)ccc23)C1. The van der Waals surface area contributed by atoms with Crippen molar-refractivity contribution in [1.82, 2.24) is 4.98 Å². The highest BCUT2D eigenvalue weighted by atomic mass is 19.4. The summed E-state index contributed by atoms with van der Waals surface area (Å²) in [4.78, 5) is 6.29. The van der Waals surface area contributed by atoms with Gasteiger partial charge >= 0.3 is 6.18 Å². The maximum atomic E-state index is 12.9. The standard InChI is InChI=1S/C17H19F3N2O/c1-2-23-13-4-3-9-22(11-13)16-7-8-21-15-10-12(17(18,19)20)5-6-14(15)16/h5-8,10,13H,2-4,9,11H2,1H3. The second-order valence-electron chi connectivity index (χ2n) is 5.73. The van der Waals surface area contributed by atoms with E-state index in [1.54, 1.807) is 6.20 Å². The number of hydrogen-bond acceptors (Lipinski definition) is 3. The van der Waals surface area contributed by atoms with Crippen LogP contribution in [0, 0.1) is 0 Å². The van der Waals surface area contributed by atoms with Crippen molar-refractivity contribution in [1.29, 1.82) is 0 Å². The molecular formula is C17H19F3N2O. The first-order valence-corrected chi connectivity index (χ1v) is 7.81. The molecule has 0 N–H and O–H groups in total. The Balaban J connectivity index is 1.95. The van der Waals surface area contributed by atoms with Gasteiger partial charge in [0, 0.05) is 37.0 Å². The molecule has 3 nitrogen and oxygen atoms in total. The Bertz CT molecular complexity index is 685. The summed E-state index contributed by atoms with van der Waals surface area (Å²) in [5.74, 6) is 0. The third-order valence-corrected chi connectivity index (χ3v) is 4.17. The quantitative estimate of drug-likeness (QED) is 0.843. The van der Waals surface area contributed by atoms with Crippen LogP contribution >= 0.6 is 0 Å². The van der Waals surface area contributed by atoms with Crippen LogP contribution in [0.1, 0.15) is 25.3 Å². The van der Waals surface area contributed by atoms with Crippen LogP contribution in [0.2, 0.25) is 0 Å². The molecule has 1 aromatic carbocycles. The molecular weight excluding hydrogens is 305 g/mol. The van der Waals surface area contributed by atoms with Gasteiger partial charge in [-0.05, 0) is 38.0 Å². The van der Waals surface area contributed by atoms with E-state index in [-0.39, 0.29) is 6.10 Å². The van der Waals surface area contributed by atoms with Crippen LogP contribution in [-0.2, 0) is 10.9 Å². The predicted molar refractivity (Wildman–Crippen MR) is 83.6 cm³/mol. The van der Waals surface area contributed by atoms with Gasteiger partial charge in [-0.15, -0.1) is 0 Å². The maximum absolute atomic E-state index is 12.9. The van der Waals surface area contributed by atoms with E-state index in [9.17, 15) is 13.2 Å². The van der Waals surface area contributed by atoms with Crippen LogP contribution in [0.15, 0.2) is 30.5 Å². The molecule has 1 aliphatic rings. The molecule has 124 valence electrons. The van der Waals surface area contributed by atoms with E-state index in [1.165, 1.54) is 6.07 Å². The summed E-state index contributed by atoms with van der Waals surface area (Å²) in [6.45, 7) is 4.28. The number of halogens is 3. The molecule has 0 aliphatic carbocycles. The summed E-state index contributed by atoms with van der Waals surface area (Å²) in [6.07, 6.45) is -0.578. The zero-order valence-corrected chi connectivity index (χ0v) is 12.9. The van der Waals surface area contributed by atoms with E-state index in [1.807, 2.05) is 13.0 Å². The molecule has 1 saturated heterocycles. The number of rotatable bonds is 3. The van der Waals surface area contributed by atoms with Crippen molar-refractivity contribution >= 4 is 16.6 Å². The number of aromatic nitrogens is 1. The fraction of sp³-hybridized carbons (Fsp3) is 0.471. The molecule has 0 saturated carbocycles. The van der Waals surface area contributed by atoms with Crippen LogP contribution < -0.4 is 4.90 Å². The van der Waals surface area contributed by atoms with Gasteiger partial charge in [0.2, 0.25) is 0 Å². The van der Waals surface area contributed by atoms with Gasteiger partial charge in [-0.2, -0.15) is 13.2 Å². The van der Waals surface area contributed by atoms with E-state index in [2.05, 4.69) is 9.88 Å². The van der Waals surface area contributed by atoms with E-state index in [0.717, 1.165) is 49.1 Å². The first kappa shape index (κ1) is 16.1. The normalized spacial score (nSPS) is 19.3. The summed E-state index contributed by atoms with van der Waals surface area (Å²) in [7, 11) is 0. The first-order valence-electron chi connectivity index (χ1n) is 7.81. The van der Waals surface area contributed by atoms with Crippen LogP contribution in [0.3, 0.4) is 0 Å². The lowest BCUT2D eigenvalue weighted by molar-refractivity contribution is -0.137. The van der Waals surface area contributed by atoms with Gasteiger partial charge in [0.05, 0.1) is 17.2 Å². The maximum Gasteiger partial charge on any atom is 0.416 e. The molecule has 1 fully saturated rings. The number of pyridine rings is 1. The fourth-order valence-electron chi connectivity index (χ4n) is 3.11. The van der Waals surface area contributed by atoms with Crippen LogP contribution in [0.25, 0.3) is 10.9 Å². The van der Waals surface area contributed by atoms with Crippen molar-refractivity contribution < 1.29 is 17.9 Å². The smallest absolute Gasteiger partial charge is 0.377 e. The minimum Gasteiger partial charge on any atom is -0.377 e. The van der Waals surface area contributed by atoms with Crippen molar-refractivity contribution in [3.8, 4) is 0 Å². The van der Waals surface area contributed by atoms with Crippen LogP contribution in [0.5, 0.6) is 0 Å². The lowest BCUT2D eigenvalue weighted by Crippen LogP contribution is -2.39. The van der Waals surface area contributed by atoms with Gasteiger partial charge < -0.3 is 9.64 Å². The molecule has 2 aromatic rings. The Morgan fingerprint density at radius 2 is 2.13 bits per heavy atom. The Morgan fingerprint density at radius 3 is 2.87 bits per heavy atom. The fourth-order valence-corrected chi connectivity index (χ4v) is 3.11. The topological polar surface area (TPSA) is 25.4 Å². The summed E-state index contributed by atoms with van der Waals surface area (Å²) in [5, 5.41) is 0.748. The second kappa shape index (κ2) is 6.35. The molecule has 1 aliphatic heterocycles. The summed E-state index contributed by atoms with van der Waals surface area (Å²) in [5.41, 5.74) is 0.629. The molecule has 23 heavy (non-hydrogen) atoms. The van der Waals surface area contributed by atoms with Gasteiger partial charge in [0.15, 0.2) is 0 Å². The molecule has 3 rings (SSSR count). The largest absolute Gasteiger partial charge is 0.416 e. The van der Waals surface area contributed by atoms with Crippen molar-refractivity contribution in [2.75, 3.05) is 24.6 Å². The van der Waals surface area contributed by atoms with Gasteiger partial charge in [-0.25, -0.2) is 0 Å². The highest BCUT2D eigenvalue weighted by Gasteiger charge is 2.31. The third kappa shape index (κ3) is 3.42. The number of anilines is 1. The van der Waals surface area contributed by atoms with Gasteiger partial charge in [-0.1, -0.05) is 6.07 Å². The summed E-state index contributed by atoms with van der Waals surface area (Å²) < 4.78 is 44.3. The van der Waals surface area contributed by atoms with E-state index in [4.69, 9.17) is 4.74 Å². The minimum absolute atomic E-state index is 0.173. The van der Waals surface area contributed by atoms with Gasteiger partial charge in [-0.3, -0.25) is 4.98 Å². The van der Waals surface area contributed by atoms with Crippen molar-refractivity contribution in [2.24, 2.45) is 0 Å².